The van der Waals surface area contributed by atoms with Crippen molar-refractivity contribution in [2.24, 2.45) is 0 Å². The first-order chi connectivity index (χ1) is 13.2. The highest BCUT2D eigenvalue weighted by Gasteiger charge is 2.24. The van der Waals surface area contributed by atoms with Gasteiger partial charge in [-0.1, -0.05) is 48.5 Å². The molecule has 0 fully saturated rings. The Kier molecular flexibility index (Phi) is 7.17. The van der Waals surface area contributed by atoms with Crippen LogP contribution in [0.15, 0.2) is 54.6 Å². The van der Waals surface area contributed by atoms with Crippen LogP contribution >= 0.6 is 0 Å². The Morgan fingerprint density at radius 3 is 2.25 bits per heavy atom. The Morgan fingerprint density at radius 2 is 1.64 bits per heavy atom. The number of aryl methyl sites for hydroxylation is 1. The monoisotopic (exact) mass is 403 g/mol. The SMILES string of the molecule is Cc1ccccc1N(CC(=O)NC(C)C(=O)NCc1ccccc1)S(C)(=O)=O. The lowest BCUT2D eigenvalue weighted by atomic mass is 10.2. The van der Waals surface area contributed by atoms with E-state index in [1.807, 2.05) is 30.3 Å². The van der Waals surface area contributed by atoms with Crippen LogP contribution in [-0.4, -0.2) is 39.1 Å². The van der Waals surface area contributed by atoms with E-state index in [0.717, 1.165) is 21.7 Å². The fourth-order valence-corrected chi connectivity index (χ4v) is 3.56. The molecule has 0 radical (unpaired) electrons. The van der Waals surface area contributed by atoms with Crippen LogP contribution in [0.5, 0.6) is 0 Å². The molecule has 2 rings (SSSR count). The molecule has 2 N–H and O–H groups in total. The van der Waals surface area contributed by atoms with Crippen LogP contribution in [-0.2, 0) is 26.2 Å². The minimum Gasteiger partial charge on any atom is -0.350 e. The van der Waals surface area contributed by atoms with E-state index in [2.05, 4.69) is 10.6 Å². The van der Waals surface area contributed by atoms with Crippen LogP contribution in [0.1, 0.15) is 18.1 Å². The molecule has 150 valence electrons. The zero-order valence-electron chi connectivity index (χ0n) is 16.2. The maximum Gasteiger partial charge on any atom is 0.242 e. The lowest BCUT2D eigenvalue weighted by Gasteiger charge is -2.24. The maximum absolute atomic E-state index is 12.4. The molecule has 1 unspecified atom stereocenters. The van der Waals surface area contributed by atoms with Gasteiger partial charge in [-0.25, -0.2) is 8.42 Å². The largest absolute Gasteiger partial charge is 0.350 e. The molecule has 2 aromatic carbocycles. The molecule has 0 aliphatic rings. The first kappa shape index (κ1) is 21.4. The van der Waals surface area contributed by atoms with Crippen LogP contribution in [0.4, 0.5) is 5.69 Å². The summed E-state index contributed by atoms with van der Waals surface area (Å²) >= 11 is 0. The molecular formula is C20H25N3O4S. The Bertz CT molecular complexity index is 929. The molecule has 28 heavy (non-hydrogen) atoms. The quantitative estimate of drug-likeness (QED) is 0.700. The van der Waals surface area contributed by atoms with Crippen molar-refractivity contribution in [3.63, 3.8) is 0 Å². The van der Waals surface area contributed by atoms with Crippen LogP contribution < -0.4 is 14.9 Å². The van der Waals surface area contributed by atoms with E-state index in [0.29, 0.717) is 12.2 Å². The summed E-state index contributed by atoms with van der Waals surface area (Å²) in [6, 6.07) is 15.5. The average molecular weight is 404 g/mol. The number of para-hydroxylation sites is 1. The fourth-order valence-electron chi connectivity index (χ4n) is 2.65. The van der Waals surface area contributed by atoms with Gasteiger partial charge in [0.2, 0.25) is 21.8 Å². The Balaban J connectivity index is 1.98. The average Bonchev–Trinajstić information content (AvgIpc) is 2.65. The second-order valence-corrected chi connectivity index (χ2v) is 8.46. The van der Waals surface area contributed by atoms with E-state index < -0.39 is 28.5 Å². The number of hydrogen-bond donors (Lipinski definition) is 2. The van der Waals surface area contributed by atoms with Crippen molar-refractivity contribution in [3.05, 3.63) is 65.7 Å². The highest BCUT2D eigenvalue weighted by molar-refractivity contribution is 7.92. The predicted molar refractivity (Wildman–Crippen MR) is 109 cm³/mol. The van der Waals surface area contributed by atoms with Gasteiger partial charge in [0.15, 0.2) is 0 Å². The number of rotatable bonds is 8. The summed E-state index contributed by atoms with van der Waals surface area (Å²) in [5.41, 5.74) is 2.10. The molecule has 0 spiro atoms. The number of amides is 2. The number of carbonyl (C=O) groups excluding carboxylic acids is 2. The zero-order valence-corrected chi connectivity index (χ0v) is 17.0. The summed E-state index contributed by atoms with van der Waals surface area (Å²) in [5.74, 6) is -0.907. The molecule has 0 aromatic heterocycles. The van der Waals surface area contributed by atoms with Gasteiger partial charge in [-0.2, -0.15) is 0 Å². The second-order valence-electron chi connectivity index (χ2n) is 6.55. The van der Waals surface area contributed by atoms with E-state index in [9.17, 15) is 18.0 Å². The zero-order chi connectivity index (χ0) is 20.7. The Labute approximate surface area is 165 Å². The van der Waals surface area contributed by atoms with E-state index in [1.165, 1.54) is 0 Å². The normalized spacial score (nSPS) is 12.1. The Hall–Kier alpha value is -2.87. The van der Waals surface area contributed by atoms with E-state index >= 15 is 0 Å². The third kappa shape index (κ3) is 6.09. The van der Waals surface area contributed by atoms with Crippen molar-refractivity contribution in [3.8, 4) is 0 Å². The van der Waals surface area contributed by atoms with E-state index in [4.69, 9.17) is 0 Å². The summed E-state index contributed by atoms with van der Waals surface area (Å²) < 4.78 is 25.4. The smallest absolute Gasteiger partial charge is 0.242 e. The number of benzene rings is 2. The third-order valence-electron chi connectivity index (χ3n) is 4.15. The van der Waals surface area contributed by atoms with Crippen molar-refractivity contribution < 1.29 is 18.0 Å². The number of sulfonamides is 1. The topological polar surface area (TPSA) is 95.6 Å². The molecule has 0 bridgehead atoms. The first-order valence-electron chi connectivity index (χ1n) is 8.83. The molecule has 0 aliphatic heterocycles. The number of carbonyl (C=O) groups is 2. The van der Waals surface area contributed by atoms with Gasteiger partial charge in [-0.3, -0.25) is 13.9 Å². The van der Waals surface area contributed by atoms with Gasteiger partial charge in [-0.05, 0) is 31.0 Å². The van der Waals surface area contributed by atoms with Crippen molar-refractivity contribution in [2.75, 3.05) is 17.1 Å². The van der Waals surface area contributed by atoms with Crippen LogP contribution in [0, 0.1) is 6.92 Å². The molecule has 8 heteroatoms. The van der Waals surface area contributed by atoms with Crippen molar-refractivity contribution in [1.82, 2.24) is 10.6 Å². The van der Waals surface area contributed by atoms with Crippen LogP contribution in [0.2, 0.25) is 0 Å². The number of anilines is 1. The summed E-state index contributed by atoms with van der Waals surface area (Å²) in [6.07, 6.45) is 1.04. The second kappa shape index (κ2) is 9.36. The molecule has 0 aliphatic carbocycles. The molecule has 2 amide bonds. The standard InChI is InChI=1S/C20H25N3O4S/c1-15-9-7-8-12-18(15)23(28(3,26)27)14-19(24)22-16(2)20(25)21-13-17-10-5-4-6-11-17/h4-12,16H,13-14H2,1-3H3,(H,21,25)(H,22,24). The highest BCUT2D eigenvalue weighted by Crippen LogP contribution is 2.21. The predicted octanol–water partition coefficient (Wildman–Crippen LogP) is 1.58. The molecule has 7 nitrogen and oxygen atoms in total. The van der Waals surface area contributed by atoms with Gasteiger partial charge < -0.3 is 10.6 Å². The van der Waals surface area contributed by atoms with E-state index in [1.54, 1.807) is 38.1 Å². The number of nitrogens with one attached hydrogen (secondary N) is 2. The lowest BCUT2D eigenvalue weighted by Crippen LogP contribution is -2.48. The van der Waals surface area contributed by atoms with E-state index in [-0.39, 0.29) is 5.91 Å². The number of nitrogens with zero attached hydrogens (tertiary/aromatic N) is 1. The van der Waals surface area contributed by atoms with Gasteiger partial charge >= 0.3 is 0 Å². The molecule has 0 heterocycles. The fraction of sp³-hybridized carbons (Fsp3) is 0.300. The molecule has 1 atom stereocenters. The molecule has 0 saturated carbocycles. The molecular weight excluding hydrogens is 378 g/mol. The van der Waals surface area contributed by atoms with Gasteiger partial charge in [0.1, 0.15) is 12.6 Å². The third-order valence-corrected chi connectivity index (χ3v) is 5.28. The van der Waals surface area contributed by atoms with Crippen LogP contribution in [0.25, 0.3) is 0 Å². The van der Waals surface area contributed by atoms with Gasteiger partial charge in [-0.15, -0.1) is 0 Å². The number of hydrogen-bond acceptors (Lipinski definition) is 4. The first-order valence-corrected chi connectivity index (χ1v) is 10.7. The van der Waals surface area contributed by atoms with Gasteiger partial charge in [0.05, 0.1) is 11.9 Å². The van der Waals surface area contributed by atoms with Gasteiger partial charge in [0.25, 0.3) is 0 Å². The van der Waals surface area contributed by atoms with Crippen molar-refractivity contribution in [2.45, 2.75) is 26.4 Å². The van der Waals surface area contributed by atoms with Crippen molar-refractivity contribution in [1.29, 1.82) is 0 Å². The minimum absolute atomic E-state index is 0.346. The summed E-state index contributed by atoms with van der Waals surface area (Å²) in [5, 5.41) is 5.29. The van der Waals surface area contributed by atoms with Crippen molar-refractivity contribution >= 4 is 27.5 Å². The summed E-state index contributed by atoms with van der Waals surface area (Å²) in [7, 11) is -3.67. The summed E-state index contributed by atoms with van der Waals surface area (Å²) in [6.45, 7) is 3.26. The Morgan fingerprint density at radius 1 is 1.04 bits per heavy atom. The molecule has 0 saturated heterocycles. The van der Waals surface area contributed by atoms with Gasteiger partial charge in [0, 0.05) is 6.54 Å². The lowest BCUT2D eigenvalue weighted by molar-refractivity contribution is -0.128. The maximum atomic E-state index is 12.4. The highest BCUT2D eigenvalue weighted by atomic mass is 32.2. The summed E-state index contributed by atoms with van der Waals surface area (Å²) in [4.78, 5) is 24.6. The van der Waals surface area contributed by atoms with Crippen LogP contribution in [0.3, 0.4) is 0 Å². The minimum atomic E-state index is -3.67. The molecule has 2 aromatic rings.